The van der Waals surface area contributed by atoms with Gasteiger partial charge in [-0.2, -0.15) is 0 Å². The Labute approximate surface area is 105 Å². The molecule has 4 heteroatoms. The van der Waals surface area contributed by atoms with Crippen molar-refractivity contribution in [1.82, 2.24) is 9.88 Å². The highest BCUT2D eigenvalue weighted by Gasteiger charge is 2.29. The van der Waals surface area contributed by atoms with E-state index in [2.05, 4.69) is 4.98 Å². The van der Waals surface area contributed by atoms with Crippen molar-refractivity contribution in [3.8, 4) is 0 Å². The number of hydrogen-bond donors (Lipinski definition) is 2. The third-order valence-corrected chi connectivity index (χ3v) is 3.57. The normalized spacial score (nSPS) is 16.0. The Balaban J connectivity index is 1.86. The zero-order valence-electron chi connectivity index (χ0n) is 10.3. The number of aromatic nitrogens is 1. The SMILES string of the molecule is Cc1[nH]c2ccccc2c1CC(=O)N1CC(O)C1. The van der Waals surface area contributed by atoms with E-state index in [4.69, 9.17) is 0 Å². The Morgan fingerprint density at radius 3 is 2.89 bits per heavy atom. The second-order valence-corrected chi connectivity index (χ2v) is 4.90. The predicted molar refractivity (Wildman–Crippen MR) is 69.3 cm³/mol. The summed E-state index contributed by atoms with van der Waals surface area (Å²) in [5.74, 6) is 0.0909. The first-order valence-corrected chi connectivity index (χ1v) is 6.17. The standard InChI is InChI=1S/C14H16N2O2/c1-9-12(6-14(18)16-7-10(17)8-16)11-4-2-3-5-13(11)15-9/h2-5,10,15,17H,6-8H2,1H3. The number of hydrogen-bond acceptors (Lipinski definition) is 2. The molecule has 0 spiro atoms. The maximum atomic E-state index is 12.0. The molecule has 0 atom stereocenters. The number of aryl methyl sites for hydroxylation is 1. The van der Waals surface area contributed by atoms with E-state index in [0.29, 0.717) is 19.5 Å². The van der Waals surface area contributed by atoms with Crippen LogP contribution >= 0.6 is 0 Å². The summed E-state index contributed by atoms with van der Waals surface area (Å²) in [5.41, 5.74) is 3.18. The van der Waals surface area contributed by atoms with Crippen molar-refractivity contribution in [2.45, 2.75) is 19.4 Å². The molecule has 2 aromatic rings. The number of carbonyl (C=O) groups excluding carboxylic acids is 1. The molecule has 2 heterocycles. The Bertz CT molecular complexity index is 597. The van der Waals surface area contributed by atoms with Crippen molar-refractivity contribution in [2.24, 2.45) is 0 Å². The lowest BCUT2D eigenvalue weighted by Gasteiger charge is -2.35. The molecule has 0 radical (unpaired) electrons. The van der Waals surface area contributed by atoms with Crippen molar-refractivity contribution >= 4 is 16.8 Å². The van der Waals surface area contributed by atoms with Crippen molar-refractivity contribution in [2.75, 3.05) is 13.1 Å². The van der Waals surface area contributed by atoms with Crippen LogP contribution in [0, 0.1) is 6.92 Å². The van der Waals surface area contributed by atoms with Crippen molar-refractivity contribution in [1.29, 1.82) is 0 Å². The van der Waals surface area contributed by atoms with Gasteiger partial charge in [0.15, 0.2) is 0 Å². The van der Waals surface area contributed by atoms with Crippen LogP contribution < -0.4 is 0 Å². The van der Waals surface area contributed by atoms with Crippen molar-refractivity contribution < 1.29 is 9.90 Å². The second-order valence-electron chi connectivity index (χ2n) is 4.90. The van der Waals surface area contributed by atoms with Crippen LogP contribution in [0.15, 0.2) is 24.3 Å². The first-order valence-electron chi connectivity index (χ1n) is 6.17. The molecule has 18 heavy (non-hydrogen) atoms. The molecule has 1 aliphatic heterocycles. The van der Waals surface area contributed by atoms with Gasteiger partial charge in [0.05, 0.1) is 12.5 Å². The zero-order valence-corrected chi connectivity index (χ0v) is 10.3. The summed E-state index contributed by atoms with van der Waals surface area (Å²) in [5, 5.41) is 10.3. The van der Waals surface area contributed by atoms with Crippen LogP contribution in [0.4, 0.5) is 0 Å². The molecule has 1 aliphatic rings. The van der Waals surface area contributed by atoms with Crippen molar-refractivity contribution in [3.63, 3.8) is 0 Å². The van der Waals surface area contributed by atoms with Gasteiger partial charge in [0.2, 0.25) is 5.91 Å². The van der Waals surface area contributed by atoms with E-state index in [1.54, 1.807) is 4.90 Å². The van der Waals surface area contributed by atoms with E-state index in [-0.39, 0.29) is 12.0 Å². The molecular weight excluding hydrogens is 228 g/mol. The molecule has 1 aromatic heterocycles. The Hall–Kier alpha value is -1.81. The molecule has 4 nitrogen and oxygen atoms in total. The van der Waals surface area contributed by atoms with Gasteiger partial charge in [-0.25, -0.2) is 0 Å². The molecule has 0 bridgehead atoms. The topological polar surface area (TPSA) is 56.3 Å². The Morgan fingerprint density at radius 2 is 2.17 bits per heavy atom. The molecule has 1 aromatic carbocycles. The van der Waals surface area contributed by atoms with Gasteiger partial charge in [0, 0.05) is 29.7 Å². The quantitative estimate of drug-likeness (QED) is 0.834. The highest BCUT2D eigenvalue weighted by Crippen LogP contribution is 2.23. The highest BCUT2D eigenvalue weighted by atomic mass is 16.3. The van der Waals surface area contributed by atoms with Gasteiger partial charge in [0.1, 0.15) is 0 Å². The number of amides is 1. The number of benzene rings is 1. The van der Waals surface area contributed by atoms with Crippen LogP contribution in [0.5, 0.6) is 0 Å². The summed E-state index contributed by atoms with van der Waals surface area (Å²) in [6.07, 6.45) is 0.0702. The zero-order chi connectivity index (χ0) is 12.7. The minimum Gasteiger partial charge on any atom is -0.389 e. The van der Waals surface area contributed by atoms with Gasteiger partial charge in [-0.3, -0.25) is 4.79 Å². The summed E-state index contributed by atoms with van der Waals surface area (Å²) >= 11 is 0. The predicted octanol–water partition coefficient (Wildman–Crippen LogP) is 1.22. The molecule has 1 saturated heterocycles. The fraction of sp³-hybridized carbons (Fsp3) is 0.357. The Morgan fingerprint density at radius 1 is 1.44 bits per heavy atom. The van der Waals surface area contributed by atoms with Crippen LogP contribution in [0.25, 0.3) is 10.9 Å². The van der Waals surface area contributed by atoms with Crippen LogP contribution in [-0.4, -0.2) is 40.1 Å². The number of para-hydroxylation sites is 1. The second kappa shape index (κ2) is 4.14. The number of aromatic amines is 1. The molecule has 3 rings (SSSR count). The van der Waals surface area contributed by atoms with Crippen LogP contribution in [0.1, 0.15) is 11.3 Å². The number of carbonyl (C=O) groups is 1. The number of β-amino-alcohol motifs (C(OH)–C–C–N with tert-alkyl or cyclic N) is 1. The fourth-order valence-electron chi connectivity index (χ4n) is 2.48. The average molecular weight is 244 g/mol. The molecule has 1 amide bonds. The lowest BCUT2D eigenvalue weighted by atomic mass is 10.0. The summed E-state index contributed by atoms with van der Waals surface area (Å²) in [4.78, 5) is 17.0. The van der Waals surface area contributed by atoms with E-state index in [0.717, 1.165) is 22.2 Å². The molecule has 94 valence electrons. The van der Waals surface area contributed by atoms with Crippen LogP contribution in [0.3, 0.4) is 0 Å². The number of H-pyrrole nitrogens is 1. The van der Waals surface area contributed by atoms with E-state index in [1.165, 1.54) is 0 Å². The smallest absolute Gasteiger partial charge is 0.227 e. The maximum absolute atomic E-state index is 12.0. The van der Waals surface area contributed by atoms with E-state index >= 15 is 0 Å². The third kappa shape index (κ3) is 1.78. The number of aliphatic hydroxyl groups excluding tert-OH is 1. The van der Waals surface area contributed by atoms with Crippen LogP contribution in [0.2, 0.25) is 0 Å². The Kier molecular flexibility index (Phi) is 2.59. The molecule has 0 unspecified atom stereocenters. The molecule has 1 fully saturated rings. The van der Waals surface area contributed by atoms with Gasteiger partial charge in [0.25, 0.3) is 0 Å². The number of aliphatic hydroxyl groups is 1. The molecule has 2 N–H and O–H groups in total. The van der Waals surface area contributed by atoms with E-state index in [9.17, 15) is 9.90 Å². The van der Waals surface area contributed by atoms with Crippen LogP contribution in [-0.2, 0) is 11.2 Å². The maximum Gasteiger partial charge on any atom is 0.227 e. The number of nitrogens with zero attached hydrogens (tertiary/aromatic N) is 1. The largest absolute Gasteiger partial charge is 0.389 e. The number of nitrogens with one attached hydrogen (secondary N) is 1. The fourth-order valence-corrected chi connectivity index (χ4v) is 2.48. The summed E-state index contributed by atoms with van der Waals surface area (Å²) in [6.45, 7) is 2.94. The van der Waals surface area contributed by atoms with E-state index < -0.39 is 0 Å². The average Bonchev–Trinajstić information content (AvgIpc) is 2.62. The van der Waals surface area contributed by atoms with Gasteiger partial charge >= 0.3 is 0 Å². The van der Waals surface area contributed by atoms with Gasteiger partial charge in [-0.05, 0) is 18.6 Å². The number of rotatable bonds is 2. The highest BCUT2D eigenvalue weighted by molar-refractivity contribution is 5.90. The lowest BCUT2D eigenvalue weighted by molar-refractivity contribution is -0.140. The third-order valence-electron chi connectivity index (χ3n) is 3.57. The molecular formula is C14H16N2O2. The summed E-state index contributed by atoms with van der Waals surface area (Å²) in [6, 6.07) is 8.02. The minimum absolute atomic E-state index is 0.0909. The summed E-state index contributed by atoms with van der Waals surface area (Å²) < 4.78 is 0. The van der Waals surface area contributed by atoms with E-state index in [1.807, 2.05) is 31.2 Å². The monoisotopic (exact) mass is 244 g/mol. The van der Waals surface area contributed by atoms with Gasteiger partial charge < -0.3 is 15.0 Å². The summed E-state index contributed by atoms with van der Waals surface area (Å²) in [7, 11) is 0. The number of likely N-dealkylation sites (tertiary alicyclic amines) is 1. The molecule has 0 aliphatic carbocycles. The number of fused-ring (bicyclic) bond motifs is 1. The first-order chi connectivity index (χ1) is 8.65. The minimum atomic E-state index is -0.335. The lowest BCUT2D eigenvalue weighted by Crippen LogP contribution is -2.53. The van der Waals surface area contributed by atoms with Crippen molar-refractivity contribution in [3.05, 3.63) is 35.5 Å². The van der Waals surface area contributed by atoms with Gasteiger partial charge in [-0.15, -0.1) is 0 Å². The molecule has 0 saturated carbocycles. The first kappa shape index (κ1) is 11.3. The van der Waals surface area contributed by atoms with Gasteiger partial charge in [-0.1, -0.05) is 18.2 Å².